The minimum absolute atomic E-state index is 0.186. The standard InChI is InChI=1S/C15H31BO3S/c1-13(2,3)20(8,9)17-12-10-11-16-18-14(4,5)15(6,7)19-16/h10-11H,12H2,1-9H3/b11-10+. The first-order valence-electron chi connectivity index (χ1n) is 7.18. The zero-order chi connectivity index (χ0) is 15.8. The summed E-state index contributed by atoms with van der Waals surface area (Å²) in [7, 11) is -1.35. The van der Waals surface area contributed by atoms with E-state index in [0.29, 0.717) is 6.61 Å². The molecule has 1 fully saturated rings. The number of hydrogen-bond donors (Lipinski definition) is 0. The van der Waals surface area contributed by atoms with Gasteiger partial charge in [-0.3, -0.25) is 0 Å². The SMILES string of the molecule is CC1(C)OB(/C=C/COS(C)(C)C(C)(C)C)OC1(C)C. The van der Waals surface area contributed by atoms with Crippen LogP contribution in [0.3, 0.4) is 0 Å². The second-order valence-corrected chi connectivity index (χ2v) is 11.6. The third-order valence-corrected chi connectivity index (χ3v) is 8.17. The largest absolute Gasteiger partial charge is 0.486 e. The monoisotopic (exact) mass is 302 g/mol. The molecule has 0 bridgehead atoms. The average Bonchev–Trinajstić information content (AvgIpc) is 2.41. The molecule has 0 aromatic heterocycles. The van der Waals surface area contributed by atoms with E-state index in [-0.39, 0.29) is 23.1 Å². The van der Waals surface area contributed by atoms with E-state index in [1.807, 2.05) is 12.1 Å². The Balaban J connectivity index is 2.49. The Morgan fingerprint density at radius 1 is 1.05 bits per heavy atom. The third-order valence-electron chi connectivity index (χ3n) is 4.50. The molecule has 20 heavy (non-hydrogen) atoms. The van der Waals surface area contributed by atoms with Crippen LogP contribution in [0, 0.1) is 0 Å². The molecule has 0 aromatic carbocycles. The van der Waals surface area contributed by atoms with Crippen molar-refractivity contribution < 1.29 is 13.5 Å². The van der Waals surface area contributed by atoms with Gasteiger partial charge in [0, 0.05) is 4.75 Å². The highest BCUT2D eigenvalue weighted by Gasteiger charge is 2.49. The van der Waals surface area contributed by atoms with Crippen molar-refractivity contribution >= 4 is 17.4 Å². The quantitative estimate of drug-likeness (QED) is 0.735. The second-order valence-electron chi connectivity index (χ2n) is 7.68. The van der Waals surface area contributed by atoms with Crippen LogP contribution in [0.5, 0.6) is 0 Å². The zero-order valence-corrected chi connectivity index (χ0v) is 15.4. The Morgan fingerprint density at radius 3 is 1.90 bits per heavy atom. The molecule has 1 aliphatic heterocycles. The lowest BCUT2D eigenvalue weighted by molar-refractivity contribution is 0.00578. The summed E-state index contributed by atoms with van der Waals surface area (Å²) in [4.78, 5) is 0. The van der Waals surface area contributed by atoms with Gasteiger partial charge in [-0.15, -0.1) is 10.3 Å². The first-order valence-corrected chi connectivity index (χ1v) is 9.56. The van der Waals surface area contributed by atoms with Crippen molar-refractivity contribution in [2.75, 3.05) is 19.1 Å². The number of hydrogen-bond acceptors (Lipinski definition) is 3. The fraction of sp³-hybridized carbons (Fsp3) is 0.867. The Morgan fingerprint density at radius 2 is 1.50 bits per heavy atom. The van der Waals surface area contributed by atoms with E-state index in [1.54, 1.807) is 0 Å². The van der Waals surface area contributed by atoms with Crippen molar-refractivity contribution in [2.45, 2.75) is 64.4 Å². The molecule has 0 unspecified atom stereocenters. The first kappa shape index (κ1) is 18.1. The molecule has 0 spiro atoms. The van der Waals surface area contributed by atoms with Gasteiger partial charge in [0.15, 0.2) is 0 Å². The van der Waals surface area contributed by atoms with Gasteiger partial charge in [-0.1, -0.05) is 32.8 Å². The van der Waals surface area contributed by atoms with Crippen molar-refractivity contribution in [1.29, 1.82) is 0 Å². The van der Waals surface area contributed by atoms with E-state index < -0.39 is 10.3 Å². The molecule has 1 heterocycles. The molecule has 0 amide bonds. The first-order chi connectivity index (χ1) is 8.79. The van der Waals surface area contributed by atoms with Crippen molar-refractivity contribution in [3.05, 3.63) is 12.1 Å². The summed E-state index contributed by atoms with van der Waals surface area (Å²) in [6.07, 6.45) is 6.41. The van der Waals surface area contributed by atoms with Crippen LogP contribution in [0.2, 0.25) is 0 Å². The van der Waals surface area contributed by atoms with Crippen molar-refractivity contribution in [3.8, 4) is 0 Å². The van der Waals surface area contributed by atoms with Crippen LogP contribution < -0.4 is 0 Å². The van der Waals surface area contributed by atoms with Gasteiger partial charge < -0.3 is 13.5 Å². The maximum Gasteiger partial charge on any atom is 0.486 e. The molecule has 0 aromatic rings. The maximum atomic E-state index is 6.04. The van der Waals surface area contributed by atoms with Crippen LogP contribution in [0.1, 0.15) is 48.5 Å². The van der Waals surface area contributed by atoms with Crippen LogP contribution in [-0.4, -0.2) is 42.2 Å². The Labute approximate surface area is 127 Å². The molecular weight excluding hydrogens is 271 g/mol. The van der Waals surface area contributed by atoms with Crippen LogP contribution in [0.4, 0.5) is 0 Å². The van der Waals surface area contributed by atoms with Gasteiger partial charge in [0.2, 0.25) is 0 Å². The molecular formula is C15H31BO3S. The molecule has 1 rings (SSSR count). The second kappa shape index (κ2) is 5.67. The van der Waals surface area contributed by atoms with E-state index in [1.165, 1.54) is 0 Å². The predicted octanol–water partition coefficient (Wildman–Crippen LogP) is 3.97. The van der Waals surface area contributed by atoms with Gasteiger partial charge in [0.25, 0.3) is 0 Å². The zero-order valence-electron chi connectivity index (χ0n) is 14.6. The highest BCUT2D eigenvalue weighted by molar-refractivity contribution is 8.29. The predicted molar refractivity (Wildman–Crippen MR) is 90.4 cm³/mol. The highest BCUT2D eigenvalue weighted by Crippen LogP contribution is 2.53. The molecule has 5 heteroatoms. The summed E-state index contributed by atoms with van der Waals surface area (Å²) >= 11 is 0. The molecule has 0 radical (unpaired) electrons. The summed E-state index contributed by atoms with van der Waals surface area (Å²) < 4.78 is 18.0. The van der Waals surface area contributed by atoms with Crippen molar-refractivity contribution in [3.63, 3.8) is 0 Å². The van der Waals surface area contributed by atoms with E-state index in [4.69, 9.17) is 13.5 Å². The lowest BCUT2D eigenvalue weighted by Gasteiger charge is -2.43. The van der Waals surface area contributed by atoms with Crippen LogP contribution >= 0.6 is 10.3 Å². The minimum Gasteiger partial charge on any atom is -0.400 e. The normalized spacial score (nSPS) is 23.6. The highest BCUT2D eigenvalue weighted by atomic mass is 32.3. The van der Waals surface area contributed by atoms with Gasteiger partial charge in [-0.05, 0) is 40.2 Å². The van der Waals surface area contributed by atoms with E-state index in [2.05, 4.69) is 61.0 Å². The van der Waals surface area contributed by atoms with Crippen molar-refractivity contribution in [2.24, 2.45) is 0 Å². The molecule has 0 saturated carbocycles. The fourth-order valence-corrected chi connectivity index (χ4v) is 2.29. The van der Waals surface area contributed by atoms with Gasteiger partial charge in [-0.2, -0.15) is 0 Å². The number of rotatable bonds is 4. The van der Waals surface area contributed by atoms with E-state index in [9.17, 15) is 0 Å². The smallest absolute Gasteiger partial charge is 0.400 e. The van der Waals surface area contributed by atoms with Gasteiger partial charge in [-0.25, -0.2) is 0 Å². The summed E-state index contributed by atoms with van der Waals surface area (Å²) in [5.41, 5.74) is -0.558. The topological polar surface area (TPSA) is 27.7 Å². The van der Waals surface area contributed by atoms with E-state index in [0.717, 1.165) is 0 Å². The summed E-state index contributed by atoms with van der Waals surface area (Å²) in [6.45, 7) is 15.5. The summed E-state index contributed by atoms with van der Waals surface area (Å²) in [6, 6.07) is 0. The fourth-order valence-electron chi connectivity index (χ4n) is 1.52. The maximum absolute atomic E-state index is 6.04. The van der Waals surface area contributed by atoms with E-state index >= 15 is 0 Å². The molecule has 1 saturated heterocycles. The lowest BCUT2D eigenvalue weighted by atomic mass is 9.90. The summed E-state index contributed by atoms with van der Waals surface area (Å²) in [5.74, 6) is 1.95. The van der Waals surface area contributed by atoms with Gasteiger partial charge >= 0.3 is 7.12 Å². The minimum atomic E-state index is -1.07. The molecule has 0 aliphatic carbocycles. The Kier molecular flexibility index (Phi) is 5.13. The van der Waals surface area contributed by atoms with Crippen LogP contribution in [-0.2, 0) is 13.5 Å². The molecule has 118 valence electrons. The lowest BCUT2D eigenvalue weighted by Crippen LogP contribution is -2.41. The summed E-state index contributed by atoms with van der Waals surface area (Å²) in [5, 5.41) is 0. The molecule has 1 aliphatic rings. The Hall–Kier alpha value is 0.0349. The third kappa shape index (κ3) is 4.03. The van der Waals surface area contributed by atoms with Crippen LogP contribution in [0.15, 0.2) is 12.1 Å². The van der Waals surface area contributed by atoms with Crippen LogP contribution in [0.25, 0.3) is 0 Å². The molecule has 0 N–H and O–H groups in total. The Bertz CT molecular complexity index is 354. The molecule has 3 nitrogen and oxygen atoms in total. The van der Waals surface area contributed by atoms with Crippen molar-refractivity contribution in [1.82, 2.24) is 0 Å². The molecule has 0 atom stereocenters. The van der Waals surface area contributed by atoms with Gasteiger partial charge in [0.05, 0.1) is 17.8 Å². The van der Waals surface area contributed by atoms with Gasteiger partial charge in [0.1, 0.15) is 0 Å². The average molecular weight is 302 g/mol.